The van der Waals surface area contributed by atoms with Gasteiger partial charge in [-0.1, -0.05) is 29.8 Å². The van der Waals surface area contributed by atoms with Gasteiger partial charge in [0.25, 0.3) is 0 Å². The number of ether oxygens (including phenoxy) is 2. The lowest BCUT2D eigenvalue weighted by Gasteiger charge is -2.41. The zero-order valence-corrected chi connectivity index (χ0v) is 24.3. The van der Waals surface area contributed by atoms with Crippen LogP contribution in [-0.2, 0) is 16.0 Å². The largest absolute Gasteiger partial charge is 0.493 e. The first-order valence-electron chi connectivity index (χ1n) is 14.3. The molecule has 1 saturated heterocycles. The molecule has 0 atom stereocenters. The molecule has 4 aromatic rings. The van der Waals surface area contributed by atoms with E-state index < -0.39 is 5.97 Å². The summed E-state index contributed by atoms with van der Waals surface area (Å²) in [6, 6.07) is 15.9. The summed E-state index contributed by atoms with van der Waals surface area (Å²) in [5.41, 5.74) is 5.47. The Kier molecular flexibility index (Phi) is 7.62. The number of aliphatic carboxylic acids is 1. The van der Waals surface area contributed by atoms with Gasteiger partial charge in [-0.15, -0.1) is 0 Å². The van der Waals surface area contributed by atoms with E-state index in [1.165, 1.54) is 0 Å². The number of piperidine rings is 1. The number of aromatic nitrogens is 3. The third-order valence-corrected chi connectivity index (χ3v) is 8.47. The van der Waals surface area contributed by atoms with E-state index in [9.17, 15) is 9.90 Å². The van der Waals surface area contributed by atoms with Gasteiger partial charge in [-0.2, -0.15) is 9.61 Å². The molecule has 7 rings (SSSR count). The van der Waals surface area contributed by atoms with Crippen LogP contribution in [0, 0.1) is 6.92 Å². The van der Waals surface area contributed by atoms with Gasteiger partial charge in [0.1, 0.15) is 11.6 Å². The number of fused-ring (bicyclic) bond motifs is 8. The Morgan fingerprint density at radius 3 is 2.63 bits per heavy atom. The number of anilines is 1. The third-order valence-electron chi connectivity index (χ3n) is 8.24. The van der Waals surface area contributed by atoms with Gasteiger partial charge in [0.05, 0.1) is 24.3 Å². The molecule has 1 N–H and O–H groups in total. The summed E-state index contributed by atoms with van der Waals surface area (Å²) < 4.78 is 14.5. The van der Waals surface area contributed by atoms with Gasteiger partial charge in [-0.3, -0.25) is 4.79 Å². The molecule has 8 nitrogen and oxygen atoms in total. The number of hydrogen-bond acceptors (Lipinski definition) is 6. The molecule has 9 heteroatoms. The number of carbonyl (C=O) groups is 1. The van der Waals surface area contributed by atoms with E-state index in [0.717, 1.165) is 79.1 Å². The van der Waals surface area contributed by atoms with Crippen LogP contribution in [0.3, 0.4) is 0 Å². The van der Waals surface area contributed by atoms with Crippen LogP contribution in [0.4, 0.5) is 5.82 Å². The van der Waals surface area contributed by atoms with Crippen molar-refractivity contribution in [3.8, 4) is 28.1 Å². The zero-order chi connectivity index (χ0) is 28.6. The molecular weight excluding hydrogens is 540 g/mol. The second-order valence-electron chi connectivity index (χ2n) is 11.3. The van der Waals surface area contributed by atoms with E-state index >= 15 is 0 Å². The van der Waals surface area contributed by atoms with Crippen molar-refractivity contribution in [3.05, 3.63) is 64.8 Å². The van der Waals surface area contributed by atoms with Crippen LogP contribution < -0.4 is 9.64 Å². The second-order valence-corrected chi connectivity index (χ2v) is 11.7. The van der Waals surface area contributed by atoms with Crippen LogP contribution in [0.1, 0.15) is 50.3 Å². The molecule has 0 unspecified atom stereocenters. The fraction of sp³-hybridized carbons (Fsp3) is 0.406. The Hall–Kier alpha value is -3.62. The van der Waals surface area contributed by atoms with Crippen LogP contribution in [0.15, 0.2) is 48.5 Å². The highest BCUT2D eigenvalue weighted by atomic mass is 35.5. The molecule has 3 aliphatic heterocycles. The molecule has 0 amide bonds. The van der Waals surface area contributed by atoms with Crippen LogP contribution in [0.5, 0.6) is 5.75 Å². The number of carboxylic acids is 1. The summed E-state index contributed by atoms with van der Waals surface area (Å²) in [5.74, 6) is 0.712. The second kappa shape index (κ2) is 11.3. The quantitative estimate of drug-likeness (QED) is 0.289. The summed E-state index contributed by atoms with van der Waals surface area (Å²) in [7, 11) is 0. The van der Waals surface area contributed by atoms with E-state index in [4.69, 9.17) is 31.2 Å². The van der Waals surface area contributed by atoms with Crippen molar-refractivity contribution in [1.82, 2.24) is 14.6 Å². The summed E-state index contributed by atoms with van der Waals surface area (Å²) in [4.78, 5) is 18.9. The van der Waals surface area contributed by atoms with Gasteiger partial charge >= 0.3 is 5.97 Å². The number of benzene rings is 2. The molecule has 0 radical (unpaired) electrons. The molecule has 2 aromatic heterocycles. The molecule has 0 aliphatic carbocycles. The Morgan fingerprint density at radius 1 is 1.05 bits per heavy atom. The number of nitrogens with zero attached hydrogens (tertiary/aromatic N) is 4. The van der Waals surface area contributed by atoms with Crippen molar-refractivity contribution >= 4 is 29.0 Å². The van der Waals surface area contributed by atoms with E-state index in [1.807, 2.05) is 53.9 Å². The van der Waals surface area contributed by atoms with Crippen LogP contribution >= 0.6 is 11.6 Å². The predicted molar refractivity (Wildman–Crippen MR) is 160 cm³/mol. The lowest BCUT2D eigenvalue weighted by atomic mass is 9.92. The lowest BCUT2D eigenvalue weighted by Crippen LogP contribution is -2.45. The number of aryl methyl sites for hydroxylation is 1. The van der Waals surface area contributed by atoms with Crippen molar-refractivity contribution in [2.24, 2.45) is 0 Å². The number of carboxylic acid groups (broad SMARTS) is 1. The maximum Gasteiger partial charge on any atom is 0.308 e. The average Bonchev–Trinajstić information content (AvgIpc) is 3.37. The third kappa shape index (κ3) is 5.76. The molecule has 0 spiro atoms. The smallest absolute Gasteiger partial charge is 0.308 e. The topological polar surface area (TPSA) is 89.2 Å². The SMILES string of the molecule is Cc1nc2cc3nn2c(c1CC(=O)O)N1CCC(C)(CC1)OCCCCCOc1ccc(Cl)cc1-c1cccc-3c1. The first-order chi connectivity index (χ1) is 19.8. The number of hydrogen-bond donors (Lipinski definition) is 1. The molecular formula is C32H35ClN4O4. The highest BCUT2D eigenvalue weighted by molar-refractivity contribution is 6.31. The van der Waals surface area contributed by atoms with Crippen LogP contribution in [0.2, 0.25) is 5.02 Å². The normalized spacial score (nSPS) is 17.3. The van der Waals surface area contributed by atoms with Crippen molar-refractivity contribution in [2.45, 2.75) is 58.0 Å². The summed E-state index contributed by atoms with van der Waals surface area (Å²) in [5, 5.41) is 15.4. The van der Waals surface area contributed by atoms with Gasteiger partial charge in [0, 0.05) is 53.2 Å². The highest BCUT2D eigenvalue weighted by Gasteiger charge is 2.33. The Labute approximate surface area is 244 Å². The van der Waals surface area contributed by atoms with Crippen molar-refractivity contribution in [3.63, 3.8) is 0 Å². The maximum absolute atomic E-state index is 11.9. The monoisotopic (exact) mass is 574 g/mol. The summed E-state index contributed by atoms with van der Waals surface area (Å²) >= 11 is 6.42. The van der Waals surface area contributed by atoms with Crippen molar-refractivity contribution < 1.29 is 19.4 Å². The van der Waals surface area contributed by atoms with Crippen LogP contribution in [0.25, 0.3) is 28.0 Å². The predicted octanol–water partition coefficient (Wildman–Crippen LogP) is 6.59. The minimum absolute atomic E-state index is 0.114. The molecule has 2 aromatic carbocycles. The molecule has 5 heterocycles. The Morgan fingerprint density at radius 2 is 1.83 bits per heavy atom. The van der Waals surface area contributed by atoms with Gasteiger partial charge in [-0.25, -0.2) is 4.98 Å². The fourth-order valence-electron chi connectivity index (χ4n) is 5.88. The van der Waals surface area contributed by atoms with E-state index in [1.54, 1.807) is 0 Å². The Bertz CT molecular complexity index is 1590. The van der Waals surface area contributed by atoms with E-state index in [2.05, 4.69) is 17.9 Å². The first-order valence-corrected chi connectivity index (χ1v) is 14.7. The van der Waals surface area contributed by atoms with Gasteiger partial charge in [-0.05, 0) is 75.8 Å². The minimum Gasteiger partial charge on any atom is -0.493 e. The zero-order valence-electron chi connectivity index (χ0n) is 23.5. The highest BCUT2D eigenvalue weighted by Crippen LogP contribution is 2.37. The standard InChI is InChI=1S/C32H35ClN4O4/c1-21-25(19-30(38)39)31-36-13-11-32(2,12-14-36)41-16-5-3-4-15-40-28-10-9-24(33)18-26(28)22-7-6-8-23(17-22)27-20-29(34-21)37(31)35-27/h6-10,17-18,20H,3-5,11-16,19H2,1-2H3,(H,38,39). The van der Waals surface area contributed by atoms with Crippen molar-refractivity contribution in [2.75, 3.05) is 31.2 Å². The minimum atomic E-state index is -0.887. The molecule has 1 fully saturated rings. The number of rotatable bonds is 2. The molecule has 41 heavy (non-hydrogen) atoms. The maximum atomic E-state index is 11.9. The van der Waals surface area contributed by atoms with Gasteiger partial charge in [0.15, 0.2) is 5.65 Å². The van der Waals surface area contributed by atoms with Gasteiger partial charge < -0.3 is 19.5 Å². The molecule has 214 valence electrons. The Balaban J connectivity index is 1.49. The van der Waals surface area contributed by atoms with E-state index in [-0.39, 0.29) is 12.0 Å². The average molecular weight is 575 g/mol. The molecule has 3 aliphatic rings. The fourth-order valence-corrected chi connectivity index (χ4v) is 6.05. The summed E-state index contributed by atoms with van der Waals surface area (Å²) in [6.45, 7) is 6.90. The lowest BCUT2D eigenvalue weighted by molar-refractivity contribution is -0.136. The van der Waals surface area contributed by atoms with E-state index in [0.29, 0.717) is 35.1 Å². The van der Waals surface area contributed by atoms with Crippen LogP contribution in [-0.4, -0.2) is 57.6 Å². The molecule has 0 saturated carbocycles. The molecule has 6 bridgehead atoms. The van der Waals surface area contributed by atoms with Gasteiger partial charge in [0.2, 0.25) is 0 Å². The van der Waals surface area contributed by atoms with Crippen molar-refractivity contribution in [1.29, 1.82) is 0 Å². The first kappa shape index (κ1) is 27.5. The summed E-state index contributed by atoms with van der Waals surface area (Å²) in [6.07, 6.45) is 4.52. The number of halogens is 1.